The lowest BCUT2D eigenvalue weighted by atomic mass is 10.1. The second-order valence-electron chi connectivity index (χ2n) is 2.96. The normalized spacial score (nSPS) is 9.81. The summed E-state index contributed by atoms with van der Waals surface area (Å²) in [6, 6.07) is 5.59. The van der Waals surface area contributed by atoms with Crippen molar-refractivity contribution in [3.05, 3.63) is 35.4 Å². The van der Waals surface area contributed by atoms with Gasteiger partial charge < -0.3 is 15.7 Å². The van der Waals surface area contributed by atoms with Crippen LogP contribution in [0.25, 0.3) is 0 Å². The Balaban J connectivity index is 2.68. The van der Waals surface area contributed by atoms with E-state index in [4.69, 9.17) is 10.8 Å². The van der Waals surface area contributed by atoms with Crippen molar-refractivity contribution < 1.29 is 19.5 Å². The molecule has 0 bridgehead atoms. The van der Waals surface area contributed by atoms with Gasteiger partial charge in [-0.05, 0) is 18.2 Å². The molecule has 6 nitrogen and oxygen atoms in total. The highest BCUT2D eigenvalue weighted by atomic mass is 16.7. The molecule has 4 N–H and O–H groups in total. The lowest BCUT2D eigenvalue weighted by molar-refractivity contribution is 0.0261. The first-order valence-electron chi connectivity index (χ1n) is 4.62. The van der Waals surface area contributed by atoms with Crippen LogP contribution in [-0.4, -0.2) is 30.1 Å². The van der Waals surface area contributed by atoms with Crippen molar-refractivity contribution in [2.75, 3.05) is 13.1 Å². The van der Waals surface area contributed by atoms with Crippen molar-refractivity contribution in [3.63, 3.8) is 0 Å². The Morgan fingerprint density at radius 3 is 2.69 bits per heavy atom. The van der Waals surface area contributed by atoms with Crippen LogP contribution >= 0.6 is 0 Å². The molecular weight excluding hydrogens is 212 g/mol. The number of nitrogens with one attached hydrogen (secondary N) is 1. The molecule has 0 spiro atoms. The average molecular weight is 224 g/mol. The summed E-state index contributed by atoms with van der Waals surface area (Å²) in [6.45, 7) is 0.673. The van der Waals surface area contributed by atoms with Crippen molar-refractivity contribution in [2.45, 2.75) is 0 Å². The zero-order chi connectivity index (χ0) is 12.0. The summed E-state index contributed by atoms with van der Waals surface area (Å²) >= 11 is 0. The molecule has 0 saturated carbocycles. The van der Waals surface area contributed by atoms with Gasteiger partial charge in [-0.1, -0.05) is 6.07 Å². The fourth-order valence-corrected chi connectivity index (χ4v) is 1.01. The lowest BCUT2D eigenvalue weighted by Crippen LogP contribution is -2.26. The molecule has 0 amide bonds. The van der Waals surface area contributed by atoms with E-state index in [1.807, 2.05) is 0 Å². The van der Waals surface area contributed by atoms with Crippen molar-refractivity contribution in [1.29, 1.82) is 0 Å². The zero-order valence-corrected chi connectivity index (χ0v) is 8.47. The van der Waals surface area contributed by atoms with E-state index < -0.39 is 11.9 Å². The van der Waals surface area contributed by atoms with Gasteiger partial charge in [0, 0.05) is 13.1 Å². The third-order valence-electron chi connectivity index (χ3n) is 1.76. The molecule has 1 rings (SSSR count). The third-order valence-corrected chi connectivity index (χ3v) is 1.76. The quantitative estimate of drug-likeness (QED) is 0.481. The van der Waals surface area contributed by atoms with Crippen molar-refractivity contribution in [3.8, 4) is 0 Å². The zero-order valence-electron chi connectivity index (χ0n) is 8.47. The fraction of sp³-hybridized carbons (Fsp3) is 0.200. The number of carbonyl (C=O) groups excluding carboxylic acids is 1. The minimum absolute atomic E-state index is 0.0354. The summed E-state index contributed by atoms with van der Waals surface area (Å²) < 4.78 is 0. The molecule has 0 fully saturated rings. The van der Waals surface area contributed by atoms with E-state index in [-0.39, 0.29) is 11.1 Å². The minimum Gasteiger partial charge on any atom is -0.478 e. The smallest absolute Gasteiger partial charge is 0.356 e. The van der Waals surface area contributed by atoms with E-state index in [1.165, 1.54) is 24.3 Å². The molecule has 86 valence electrons. The van der Waals surface area contributed by atoms with E-state index in [9.17, 15) is 9.59 Å². The summed E-state index contributed by atoms with van der Waals surface area (Å²) in [5.41, 5.74) is 7.75. The molecule has 0 aliphatic rings. The molecule has 0 radical (unpaired) electrons. The maximum atomic E-state index is 11.4. The first-order chi connectivity index (χ1) is 7.65. The van der Waals surface area contributed by atoms with Gasteiger partial charge in [-0.3, -0.25) is 0 Å². The molecule has 1 aromatic carbocycles. The third kappa shape index (κ3) is 3.34. The van der Waals surface area contributed by atoms with Gasteiger partial charge >= 0.3 is 11.9 Å². The number of nitrogens with two attached hydrogens (primary N) is 1. The number of benzene rings is 1. The van der Waals surface area contributed by atoms with E-state index in [0.29, 0.717) is 13.1 Å². The molecule has 0 saturated heterocycles. The highest BCUT2D eigenvalue weighted by Gasteiger charge is 2.10. The van der Waals surface area contributed by atoms with E-state index in [0.717, 1.165) is 0 Å². The Kier molecular flexibility index (Phi) is 4.43. The SMILES string of the molecule is NCCNOC(=O)c1cccc(C(=O)O)c1. The van der Waals surface area contributed by atoms with Gasteiger partial charge in [0.25, 0.3) is 0 Å². The van der Waals surface area contributed by atoms with Gasteiger partial charge in [-0.2, -0.15) is 5.48 Å². The largest absolute Gasteiger partial charge is 0.478 e. The summed E-state index contributed by atoms with van der Waals surface area (Å²) in [5, 5.41) is 8.72. The fourth-order valence-electron chi connectivity index (χ4n) is 1.01. The predicted molar refractivity (Wildman–Crippen MR) is 55.9 cm³/mol. The highest BCUT2D eigenvalue weighted by Crippen LogP contribution is 2.06. The van der Waals surface area contributed by atoms with Gasteiger partial charge in [-0.25, -0.2) is 9.59 Å². The van der Waals surface area contributed by atoms with Gasteiger partial charge in [0.1, 0.15) is 0 Å². The van der Waals surface area contributed by atoms with Crippen LogP contribution in [0.5, 0.6) is 0 Å². The minimum atomic E-state index is -1.09. The van der Waals surface area contributed by atoms with E-state index in [2.05, 4.69) is 10.3 Å². The molecular formula is C10H12N2O4. The van der Waals surface area contributed by atoms with Crippen LogP contribution in [0.15, 0.2) is 24.3 Å². The van der Waals surface area contributed by atoms with Gasteiger partial charge in [-0.15, -0.1) is 0 Å². The second kappa shape index (κ2) is 5.84. The molecule has 16 heavy (non-hydrogen) atoms. The van der Waals surface area contributed by atoms with Crippen LogP contribution in [0.4, 0.5) is 0 Å². The number of hydrogen-bond acceptors (Lipinski definition) is 5. The first-order valence-corrected chi connectivity index (χ1v) is 4.62. The molecule has 6 heteroatoms. The molecule has 0 aromatic heterocycles. The summed E-state index contributed by atoms with van der Waals surface area (Å²) in [6.07, 6.45) is 0. The highest BCUT2D eigenvalue weighted by molar-refractivity contribution is 5.94. The first kappa shape index (κ1) is 12.2. The van der Waals surface area contributed by atoms with Crippen molar-refractivity contribution in [1.82, 2.24) is 5.48 Å². The molecule has 0 atom stereocenters. The number of hydroxylamine groups is 1. The molecule has 0 aliphatic heterocycles. The Morgan fingerprint density at radius 2 is 2.06 bits per heavy atom. The van der Waals surface area contributed by atoms with Gasteiger partial charge in [0.2, 0.25) is 0 Å². The van der Waals surface area contributed by atoms with Crippen LogP contribution in [0.2, 0.25) is 0 Å². The van der Waals surface area contributed by atoms with E-state index >= 15 is 0 Å². The molecule has 1 aromatic rings. The Hall–Kier alpha value is -1.92. The summed E-state index contributed by atoms with van der Waals surface area (Å²) in [7, 11) is 0. The predicted octanol–water partition coefficient (Wildman–Crippen LogP) is 0.00490. The van der Waals surface area contributed by atoms with Gasteiger partial charge in [0.05, 0.1) is 11.1 Å². The van der Waals surface area contributed by atoms with Crippen LogP contribution in [0.1, 0.15) is 20.7 Å². The Morgan fingerprint density at radius 1 is 1.38 bits per heavy atom. The molecule has 0 aliphatic carbocycles. The lowest BCUT2D eigenvalue weighted by Gasteiger charge is -2.04. The monoisotopic (exact) mass is 224 g/mol. The standard InChI is InChI=1S/C10H12N2O4/c11-4-5-12-16-10(15)8-3-1-2-7(6-8)9(13)14/h1-3,6,12H,4-5,11H2,(H,13,14). The molecule has 0 heterocycles. The van der Waals surface area contributed by atoms with Crippen LogP contribution in [0, 0.1) is 0 Å². The number of carboxylic acids is 1. The van der Waals surface area contributed by atoms with Gasteiger partial charge in [0.15, 0.2) is 0 Å². The maximum absolute atomic E-state index is 11.4. The Bertz CT molecular complexity index is 392. The number of carbonyl (C=O) groups is 2. The van der Waals surface area contributed by atoms with Crippen molar-refractivity contribution >= 4 is 11.9 Å². The number of rotatable bonds is 5. The summed E-state index contributed by atoms with van der Waals surface area (Å²) in [4.78, 5) is 26.7. The second-order valence-corrected chi connectivity index (χ2v) is 2.96. The van der Waals surface area contributed by atoms with Crippen molar-refractivity contribution in [2.24, 2.45) is 5.73 Å². The number of hydrogen-bond donors (Lipinski definition) is 3. The summed E-state index contributed by atoms with van der Waals surface area (Å²) in [5.74, 6) is -1.74. The number of aromatic carboxylic acids is 1. The Labute approximate surface area is 92.0 Å². The van der Waals surface area contributed by atoms with Crippen LogP contribution in [-0.2, 0) is 4.84 Å². The van der Waals surface area contributed by atoms with E-state index in [1.54, 1.807) is 0 Å². The van der Waals surface area contributed by atoms with Crippen LogP contribution in [0.3, 0.4) is 0 Å². The topological polar surface area (TPSA) is 102 Å². The van der Waals surface area contributed by atoms with Crippen LogP contribution < -0.4 is 11.2 Å². The molecule has 0 unspecified atom stereocenters. The average Bonchev–Trinajstić information content (AvgIpc) is 2.29. The number of carboxylic acid groups (broad SMARTS) is 1. The maximum Gasteiger partial charge on any atom is 0.356 e.